The molecule has 1 N–H and O–H groups in total. The highest BCUT2D eigenvalue weighted by Crippen LogP contribution is 2.47. The third kappa shape index (κ3) is 3.73. The van der Waals surface area contributed by atoms with E-state index in [0.717, 1.165) is 12.8 Å². The molecule has 1 aromatic carbocycles. The fourth-order valence-electron chi connectivity index (χ4n) is 4.49. The van der Waals surface area contributed by atoms with Crippen molar-refractivity contribution in [3.05, 3.63) is 48.5 Å². The lowest BCUT2D eigenvalue weighted by Gasteiger charge is -2.30. The molecular formula is C23H27N5O4. The maximum absolute atomic E-state index is 12.6. The zero-order valence-electron chi connectivity index (χ0n) is 18.6. The average molecular weight is 438 g/mol. The Morgan fingerprint density at radius 1 is 1.16 bits per heavy atom. The molecule has 3 aromatic rings. The van der Waals surface area contributed by atoms with E-state index in [9.17, 15) is 9.59 Å². The van der Waals surface area contributed by atoms with Crippen LogP contribution in [0.3, 0.4) is 0 Å². The molecule has 3 heterocycles. The largest absolute Gasteiger partial charge is 0.457 e. The van der Waals surface area contributed by atoms with Gasteiger partial charge in [0, 0.05) is 18.4 Å². The van der Waals surface area contributed by atoms with Crippen molar-refractivity contribution >= 4 is 28.9 Å². The summed E-state index contributed by atoms with van der Waals surface area (Å²) in [7, 11) is 0. The van der Waals surface area contributed by atoms with Crippen LogP contribution in [0, 0.1) is 5.92 Å². The van der Waals surface area contributed by atoms with Crippen molar-refractivity contribution in [3.8, 4) is 0 Å². The molecule has 0 radical (unpaired) electrons. The first-order valence-electron chi connectivity index (χ1n) is 10.8. The molecule has 9 heteroatoms. The molecule has 1 unspecified atom stereocenters. The standard InChI is InChI=1S/C23H27N5O4/c1-5-23(6-2)14(3)18(31-15(4)29)22(32-23)28-13-26-17-19(24-12-25-20(17)28)27-21(30)16-10-8-7-9-11-16/h7-14,18,22H,5-6H2,1-4H3,(H,24,25,27,30)/t14-,18?,22-/m1/s1. The minimum atomic E-state index is -0.591. The molecule has 0 bridgehead atoms. The number of carbonyl (C=O) groups is 2. The Morgan fingerprint density at radius 3 is 2.53 bits per heavy atom. The summed E-state index contributed by atoms with van der Waals surface area (Å²) in [5.41, 5.74) is 0.997. The van der Waals surface area contributed by atoms with Crippen LogP contribution in [0.15, 0.2) is 43.0 Å². The summed E-state index contributed by atoms with van der Waals surface area (Å²) >= 11 is 0. The van der Waals surface area contributed by atoms with Gasteiger partial charge < -0.3 is 14.8 Å². The van der Waals surface area contributed by atoms with Crippen LogP contribution in [0.1, 0.15) is 57.1 Å². The second-order valence-corrected chi connectivity index (χ2v) is 8.01. The molecule has 4 rings (SSSR count). The van der Waals surface area contributed by atoms with Gasteiger partial charge in [0.2, 0.25) is 0 Å². The van der Waals surface area contributed by atoms with E-state index in [2.05, 4.69) is 34.1 Å². The van der Waals surface area contributed by atoms with Crippen LogP contribution in [0.2, 0.25) is 0 Å². The van der Waals surface area contributed by atoms with Crippen LogP contribution in [-0.4, -0.2) is 43.1 Å². The Labute approximate surface area is 186 Å². The summed E-state index contributed by atoms with van der Waals surface area (Å²) in [6.07, 6.45) is 3.42. The quantitative estimate of drug-likeness (QED) is 0.585. The molecule has 2 aromatic heterocycles. The summed E-state index contributed by atoms with van der Waals surface area (Å²) < 4.78 is 14.0. The summed E-state index contributed by atoms with van der Waals surface area (Å²) in [4.78, 5) is 37.5. The highest BCUT2D eigenvalue weighted by atomic mass is 16.6. The van der Waals surface area contributed by atoms with E-state index in [1.165, 1.54) is 13.3 Å². The number of fused-ring (bicyclic) bond motifs is 1. The minimum absolute atomic E-state index is 0.0251. The monoisotopic (exact) mass is 437 g/mol. The van der Waals surface area contributed by atoms with Crippen LogP contribution in [0.4, 0.5) is 5.82 Å². The number of rotatable bonds is 6. The van der Waals surface area contributed by atoms with Crippen molar-refractivity contribution in [2.75, 3.05) is 5.32 Å². The number of hydrogen-bond acceptors (Lipinski definition) is 7. The molecule has 1 aliphatic heterocycles. The van der Waals surface area contributed by atoms with Gasteiger partial charge in [0.05, 0.1) is 11.9 Å². The van der Waals surface area contributed by atoms with Crippen LogP contribution >= 0.6 is 0 Å². The highest BCUT2D eigenvalue weighted by molar-refractivity contribution is 6.06. The number of benzene rings is 1. The summed E-state index contributed by atoms with van der Waals surface area (Å²) in [5.74, 6) is -0.383. The molecular weight excluding hydrogens is 410 g/mol. The zero-order chi connectivity index (χ0) is 22.9. The highest BCUT2D eigenvalue weighted by Gasteiger charge is 2.53. The van der Waals surface area contributed by atoms with E-state index < -0.39 is 17.9 Å². The first kappa shape index (κ1) is 21.9. The number of nitrogens with one attached hydrogen (secondary N) is 1. The molecule has 168 valence electrons. The molecule has 32 heavy (non-hydrogen) atoms. The van der Waals surface area contributed by atoms with Crippen molar-refractivity contribution in [2.24, 2.45) is 5.92 Å². The topological polar surface area (TPSA) is 108 Å². The van der Waals surface area contributed by atoms with E-state index in [-0.39, 0.29) is 17.8 Å². The van der Waals surface area contributed by atoms with Crippen LogP contribution in [0.25, 0.3) is 11.2 Å². The SMILES string of the molecule is CCC1(CC)O[C@@H](n2cnc3c(NC(=O)c4ccccc4)ncnc32)C(OC(C)=O)[C@H]1C. The Hall–Kier alpha value is -3.33. The average Bonchev–Trinajstić information content (AvgIpc) is 3.34. The van der Waals surface area contributed by atoms with Crippen molar-refractivity contribution in [3.63, 3.8) is 0 Å². The lowest BCUT2D eigenvalue weighted by atomic mass is 9.83. The third-order valence-corrected chi connectivity index (χ3v) is 6.36. The molecule has 1 saturated heterocycles. The Bertz CT molecular complexity index is 1130. The van der Waals surface area contributed by atoms with E-state index >= 15 is 0 Å². The van der Waals surface area contributed by atoms with Gasteiger partial charge >= 0.3 is 5.97 Å². The summed E-state index contributed by atoms with van der Waals surface area (Å²) in [5, 5.41) is 2.80. The summed E-state index contributed by atoms with van der Waals surface area (Å²) in [6.45, 7) is 7.57. The van der Waals surface area contributed by atoms with E-state index in [0.29, 0.717) is 22.5 Å². The number of carbonyl (C=O) groups excluding carboxylic acids is 2. The Kier molecular flexibility index (Phi) is 5.92. The molecule has 0 spiro atoms. The van der Waals surface area contributed by atoms with Crippen molar-refractivity contribution in [2.45, 2.75) is 58.5 Å². The fraction of sp³-hybridized carbons (Fsp3) is 0.435. The molecule has 1 amide bonds. The number of esters is 1. The van der Waals surface area contributed by atoms with Gasteiger partial charge in [-0.15, -0.1) is 0 Å². The van der Waals surface area contributed by atoms with Gasteiger partial charge in [-0.25, -0.2) is 15.0 Å². The smallest absolute Gasteiger partial charge is 0.303 e. The van der Waals surface area contributed by atoms with Gasteiger partial charge in [0.1, 0.15) is 6.33 Å². The number of hydrogen-bond donors (Lipinski definition) is 1. The predicted molar refractivity (Wildman–Crippen MR) is 118 cm³/mol. The molecule has 1 aliphatic rings. The van der Waals surface area contributed by atoms with Crippen LogP contribution in [-0.2, 0) is 14.3 Å². The number of aromatic nitrogens is 4. The number of ether oxygens (including phenoxy) is 2. The van der Waals surface area contributed by atoms with Gasteiger partial charge in [0.15, 0.2) is 29.3 Å². The Balaban J connectivity index is 1.71. The van der Waals surface area contributed by atoms with Gasteiger partial charge in [0.25, 0.3) is 5.91 Å². The maximum atomic E-state index is 12.6. The molecule has 1 fully saturated rings. The van der Waals surface area contributed by atoms with Crippen LogP contribution < -0.4 is 5.32 Å². The second kappa shape index (κ2) is 8.66. The van der Waals surface area contributed by atoms with Gasteiger partial charge in [-0.05, 0) is 25.0 Å². The number of anilines is 1. The summed E-state index contributed by atoms with van der Waals surface area (Å²) in [6, 6.07) is 8.87. The lowest BCUT2D eigenvalue weighted by molar-refractivity contribution is -0.154. The van der Waals surface area contributed by atoms with E-state index in [4.69, 9.17) is 9.47 Å². The molecule has 9 nitrogen and oxygen atoms in total. The number of amides is 1. The second-order valence-electron chi connectivity index (χ2n) is 8.01. The van der Waals surface area contributed by atoms with Crippen molar-refractivity contribution in [1.82, 2.24) is 19.5 Å². The maximum Gasteiger partial charge on any atom is 0.303 e. The molecule has 3 atom stereocenters. The van der Waals surface area contributed by atoms with E-state index in [1.54, 1.807) is 35.2 Å². The van der Waals surface area contributed by atoms with Gasteiger partial charge in [-0.3, -0.25) is 14.2 Å². The third-order valence-electron chi connectivity index (χ3n) is 6.36. The van der Waals surface area contributed by atoms with Crippen LogP contribution in [0.5, 0.6) is 0 Å². The molecule has 0 saturated carbocycles. The first-order chi connectivity index (χ1) is 15.4. The van der Waals surface area contributed by atoms with Crippen molar-refractivity contribution in [1.29, 1.82) is 0 Å². The van der Waals surface area contributed by atoms with E-state index in [1.807, 2.05) is 13.0 Å². The normalized spacial score (nSPS) is 22.1. The van der Waals surface area contributed by atoms with Crippen molar-refractivity contribution < 1.29 is 19.1 Å². The zero-order valence-corrected chi connectivity index (χ0v) is 18.6. The first-order valence-corrected chi connectivity index (χ1v) is 10.8. The molecule has 0 aliphatic carbocycles. The fourth-order valence-corrected chi connectivity index (χ4v) is 4.49. The number of nitrogens with zero attached hydrogens (tertiary/aromatic N) is 4. The van der Waals surface area contributed by atoms with Gasteiger partial charge in [-0.1, -0.05) is 39.0 Å². The predicted octanol–water partition coefficient (Wildman–Crippen LogP) is 3.73. The Morgan fingerprint density at radius 2 is 1.88 bits per heavy atom. The lowest BCUT2D eigenvalue weighted by Crippen LogP contribution is -2.36. The number of imidazole rings is 1. The van der Waals surface area contributed by atoms with Gasteiger partial charge in [-0.2, -0.15) is 0 Å². The minimum Gasteiger partial charge on any atom is -0.457 e.